The second-order valence-electron chi connectivity index (χ2n) is 7.92. The summed E-state index contributed by atoms with van der Waals surface area (Å²) in [6.45, 7) is 8.27. The fourth-order valence-corrected chi connectivity index (χ4v) is 4.26. The van der Waals surface area contributed by atoms with Gasteiger partial charge >= 0.3 is 0 Å². The maximum atomic E-state index is 12.9. The van der Waals surface area contributed by atoms with Crippen LogP contribution in [0.1, 0.15) is 58.5 Å². The Kier molecular flexibility index (Phi) is 7.17. The van der Waals surface area contributed by atoms with Crippen molar-refractivity contribution < 1.29 is 13.6 Å². The minimum atomic E-state index is -0.210. The van der Waals surface area contributed by atoms with Crippen LogP contribution in [0, 0.1) is 20.8 Å². The highest BCUT2D eigenvalue weighted by atomic mass is 35.5. The number of carbonyl (C=O) groups is 1. The van der Waals surface area contributed by atoms with E-state index >= 15 is 0 Å². The normalized spacial score (nSPS) is 15.7. The molecule has 2 aromatic heterocycles. The van der Waals surface area contributed by atoms with Gasteiger partial charge in [0.15, 0.2) is 5.76 Å². The van der Waals surface area contributed by atoms with E-state index in [0.29, 0.717) is 22.9 Å². The molecule has 1 saturated heterocycles. The van der Waals surface area contributed by atoms with Gasteiger partial charge in [-0.15, -0.1) is 12.4 Å². The van der Waals surface area contributed by atoms with E-state index in [9.17, 15) is 4.79 Å². The Morgan fingerprint density at radius 2 is 1.87 bits per heavy atom. The van der Waals surface area contributed by atoms with Crippen molar-refractivity contribution in [1.82, 2.24) is 10.2 Å². The third-order valence-corrected chi connectivity index (χ3v) is 6.21. The van der Waals surface area contributed by atoms with Crippen molar-refractivity contribution in [2.24, 2.45) is 0 Å². The van der Waals surface area contributed by atoms with E-state index in [-0.39, 0.29) is 24.4 Å². The average molecular weight is 451 g/mol. The van der Waals surface area contributed by atoms with E-state index in [1.54, 1.807) is 0 Å². The lowest BCUT2D eigenvalue weighted by Gasteiger charge is -2.33. The van der Waals surface area contributed by atoms with Crippen LogP contribution in [0.2, 0.25) is 5.02 Å². The van der Waals surface area contributed by atoms with Crippen molar-refractivity contribution >= 4 is 40.9 Å². The largest absolute Gasteiger partial charge is 0.465 e. The Balaban J connectivity index is 0.00000256. The summed E-state index contributed by atoms with van der Waals surface area (Å²) < 4.78 is 11.8. The molecule has 5 nitrogen and oxygen atoms in total. The first-order valence-corrected chi connectivity index (χ1v) is 10.6. The van der Waals surface area contributed by atoms with Crippen LogP contribution < -0.4 is 5.32 Å². The molecule has 1 amide bonds. The van der Waals surface area contributed by atoms with Gasteiger partial charge in [-0.1, -0.05) is 18.0 Å². The van der Waals surface area contributed by atoms with Gasteiger partial charge in [0.05, 0.1) is 6.04 Å². The lowest BCUT2D eigenvalue weighted by Crippen LogP contribution is -2.40. The number of amides is 1. The molecule has 0 spiro atoms. The molecule has 1 N–H and O–H groups in total. The third kappa shape index (κ3) is 4.53. The second kappa shape index (κ2) is 9.46. The van der Waals surface area contributed by atoms with Crippen molar-refractivity contribution in [2.75, 3.05) is 19.6 Å². The number of halogens is 2. The molecule has 1 aliphatic rings. The number of likely N-dealkylation sites (tertiary alicyclic amines) is 1. The number of piperidine rings is 1. The van der Waals surface area contributed by atoms with Crippen LogP contribution in [0.25, 0.3) is 11.0 Å². The summed E-state index contributed by atoms with van der Waals surface area (Å²) in [4.78, 5) is 15.3. The van der Waals surface area contributed by atoms with Crippen LogP contribution in [0.5, 0.6) is 0 Å². The lowest BCUT2D eigenvalue weighted by atomic mass is 10.1. The van der Waals surface area contributed by atoms with E-state index < -0.39 is 0 Å². The number of hydrogen-bond donors (Lipinski definition) is 1. The molecule has 1 aromatic carbocycles. The highest BCUT2D eigenvalue weighted by molar-refractivity contribution is 6.32. The molecule has 1 aliphatic heterocycles. The Hall–Kier alpha value is -1.95. The van der Waals surface area contributed by atoms with Crippen LogP contribution in [0.3, 0.4) is 0 Å². The number of furan rings is 2. The highest BCUT2D eigenvalue weighted by Gasteiger charge is 2.27. The zero-order valence-corrected chi connectivity index (χ0v) is 19.2. The van der Waals surface area contributed by atoms with E-state index in [0.717, 1.165) is 41.1 Å². The number of hydrogen-bond acceptors (Lipinski definition) is 4. The van der Waals surface area contributed by atoms with Gasteiger partial charge in [-0.3, -0.25) is 9.69 Å². The van der Waals surface area contributed by atoms with Crippen molar-refractivity contribution in [3.8, 4) is 0 Å². The summed E-state index contributed by atoms with van der Waals surface area (Å²) in [6, 6.07) is 7.75. The fraction of sp³-hybridized carbons (Fsp3) is 0.435. The summed E-state index contributed by atoms with van der Waals surface area (Å²) in [6.07, 6.45) is 3.60. The topological polar surface area (TPSA) is 58.6 Å². The summed E-state index contributed by atoms with van der Waals surface area (Å²) in [5, 5.41) is 4.62. The van der Waals surface area contributed by atoms with Crippen LogP contribution in [-0.4, -0.2) is 30.4 Å². The van der Waals surface area contributed by atoms with Crippen LogP contribution >= 0.6 is 24.0 Å². The van der Waals surface area contributed by atoms with E-state index in [2.05, 4.69) is 10.2 Å². The SMILES string of the molecule is Cc1ccc(C(CNC(=O)c2oc3cc(C)c(Cl)cc3c2C)N2CCCCC2)o1.Cl. The summed E-state index contributed by atoms with van der Waals surface area (Å²) >= 11 is 6.25. The average Bonchev–Trinajstić information content (AvgIpc) is 3.27. The van der Waals surface area contributed by atoms with Crippen LogP contribution in [0.4, 0.5) is 0 Å². The lowest BCUT2D eigenvalue weighted by molar-refractivity contribution is 0.0888. The number of fused-ring (bicyclic) bond motifs is 1. The molecule has 30 heavy (non-hydrogen) atoms. The minimum absolute atomic E-state index is 0. The molecule has 0 saturated carbocycles. The zero-order chi connectivity index (χ0) is 20.5. The summed E-state index contributed by atoms with van der Waals surface area (Å²) in [5.74, 6) is 1.91. The van der Waals surface area contributed by atoms with Gasteiger partial charge in [0.25, 0.3) is 5.91 Å². The number of nitrogens with one attached hydrogen (secondary N) is 1. The molecule has 0 aliphatic carbocycles. The van der Waals surface area contributed by atoms with Gasteiger partial charge in [0.1, 0.15) is 17.1 Å². The van der Waals surface area contributed by atoms with Gasteiger partial charge in [-0.2, -0.15) is 0 Å². The standard InChI is InChI=1S/C23H27ClN2O3.ClH/c1-14-11-21-17(12-18(14)24)16(3)22(29-21)23(27)25-13-19(20-8-7-15(2)28-20)26-9-5-4-6-10-26;/h7-8,11-12,19H,4-6,9-10,13H2,1-3H3,(H,25,27);1H. The molecule has 0 bridgehead atoms. The fourth-order valence-electron chi connectivity index (χ4n) is 4.10. The first-order valence-electron chi connectivity index (χ1n) is 10.2. The molecule has 1 unspecified atom stereocenters. The van der Waals surface area contributed by atoms with Crippen LogP contribution in [0.15, 0.2) is 33.1 Å². The summed E-state index contributed by atoms with van der Waals surface area (Å²) in [5.41, 5.74) is 2.42. The number of aryl methyl sites for hydroxylation is 3. The maximum Gasteiger partial charge on any atom is 0.287 e. The Morgan fingerprint density at radius 3 is 2.53 bits per heavy atom. The van der Waals surface area contributed by atoms with Gasteiger partial charge in [-0.05, 0) is 76.5 Å². The smallest absolute Gasteiger partial charge is 0.287 e. The monoisotopic (exact) mass is 450 g/mol. The molecule has 4 rings (SSSR count). The molecule has 3 aromatic rings. The maximum absolute atomic E-state index is 12.9. The van der Waals surface area contributed by atoms with E-state index in [4.69, 9.17) is 20.4 Å². The van der Waals surface area contributed by atoms with Crippen molar-refractivity contribution in [2.45, 2.75) is 46.1 Å². The molecular formula is C23H28Cl2N2O3. The Morgan fingerprint density at radius 1 is 1.13 bits per heavy atom. The van der Waals surface area contributed by atoms with E-state index in [1.165, 1.54) is 19.3 Å². The van der Waals surface area contributed by atoms with Gasteiger partial charge in [-0.25, -0.2) is 0 Å². The molecule has 3 heterocycles. The molecule has 7 heteroatoms. The second-order valence-corrected chi connectivity index (χ2v) is 8.33. The van der Waals surface area contributed by atoms with Gasteiger partial charge < -0.3 is 14.2 Å². The van der Waals surface area contributed by atoms with E-state index in [1.807, 2.05) is 45.0 Å². The quantitative estimate of drug-likeness (QED) is 0.518. The number of rotatable bonds is 5. The Labute approximate surface area is 188 Å². The van der Waals surface area contributed by atoms with Gasteiger partial charge in [0, 0.05) is 22.5 Å². The zero-order valence-electron chi connectivity index (χ0n) is 17.6. The first kappa shape index (κ1) is 22.7. The predicted molar refractivity (Wildman–Crippen MR) is 122 cm³/mol. The number of nitrogens with zero attached hydrogens (tertiary/aromatic N) is 1. The Bertz CT molecular complexity index is 1030. The van der Waals surface area contributed by atoms with Crippen molar-refractivity contribution in [3.63, 3.8) is 0 Å². The van der Waals surface area contributed by atoms with Crippen molar-refractivity contribution in [3.05, 3.63) is 57.7 Å². The molecule has 0 radical (unpaired) electrons. The number of carbonyl (C=O) groups excluding carboxylic acids is 1. The number of benzene rings is 1. The molecule has 1 fully saturated rings. The van der Waals surface area contributed by atoms with Crippen molar-refractivity contribution in [1.29, 1.82) is 0 Å². The van der Waals surface area contributed by atoms with Gasteiger partial charge in [0.2, 0.25) is 0 Å². The highest BCUT2D eigenvalue weighted by Crippen LogP contribution is 2.31. The minimum Gasteiger partial charge on any atom is -0.465 e. The first-order chi connectivity index (χ1) is 13.9. The molecule has 1 atom stereocenters. The third-order valence-electron chi connectivity index (χ3n) is 5.80. The molecular weight excluding hydrogens is 423 g/mol. The summed E-state index contributed by atoms with van der Waals surface area (Å²) in [7, 11) is 0. The predicted octanol–water partition coefficient (Wildman–Crippen LogP) is 5.98. The molecule has 162 valence electrons. The van der Waals surface area contributed by atoms with Crippen LogP contribution in [-0.2, 0) is 0 Å².